The number of rotatable bonds is 5. The van der Waals surface area contributed by atoms with Crippen molar-refractivity contribution in [1.82, 2.24) is 4.90 Å². The number of carbonyl (C=O) groups excluding carboxylic acids is 1. The number of ether oxygens (including phenoxy) is 2. The SMILES string of the molecule is CN1CCCC(COC(=O)COc2ccc(Cl)cc2)C1. The Balaban J connectivity index is 1.66. The van der Waals surface area contributed by atoms with Crippen molar-refractivity contribution in [2.45, 2.75) is 12.8 Å². The summed E-state index contributed by atoms with van der Waals surface area (Å²) in [6, 6.07) is 6.90. The molecule has 1 aliphatic rings. The molecular weight excluding hydrogens is 278 g/mol. The van der Waals surface area contributed by atoms with Crippen molar-refractivity contribution in [2.75, 3.05) is 33.4 Å². The molecule has 0 saturated carbocycles. The van der Waals surface area contributed by atoms with Gasteiger partial charge in [0.05, 0.1) is 6.61 Å². The minimum absolute atomic E-state index is 0.0653. The maximum absolute atomic E-state index is 11.6. The first-order valence-electron chi connectivity index (χ1n) is 6.86. The zero-order valence-electron chi connectivity index (χ0n) is 11.7. The number of carbonyl (C=O) groups is 1. The third kappa shape index (κ3) is 5.02. The molecule has 1 saturated heterocycles. The topological polar surface area (TPSA) is 38.8 Å². The molecule has 110 valence electrons. The third-order valence-corrected chi connectivity index (χ3v) is 3.62. The molecule has 1 unspecified atom stereocenters. The standard InChI is InChI=1S/C15H20ClNO3/c1-17-8-2-3-12(9-17)10-20-15(18)11-19-14-6-4-13(16)5-7-14/h4-7,12H,2-3,8-11H2,1H3. The van der Waals surface area contributed by atoms with Crippen molar-refractivity contribution in [2.24, 2.45) is 5.92 Å². The summed E-state index contributed by atoms with van der Waals surface area (Å²) < 4.78 is 10.6. The number of hydrogen-bond acceptors (Lipinski definition) is 4. The highest BCUT2D eigenvalue weighted by Gasteiger charge is 2.18. The van der Waals surface area contributed by atoms with Crippen LogP contribution in [0.5, 0.6) is 5.75 Å². The Morgan fingerprint density at radius 1 is 1.40 bits per heavy atom. The van der Waals surface area contributed by atoms with Crippen LogP contribution in [0.1, 0.15) is 12.8 Å². The van der Waals surface area contributed by atoms with E-state index in [9.17, 15) is 4.79 Å². The lowest BCUT2D eigenvalue weighted by molar-refractivity contribution is -0.147. The summed E-state index contributed by atoms with van der Waals surface area (Å²) in [4.78, 5) is 13.9. The quantitative estimate of drug-likeness (QED) is 0.783. The van der Waals surface area contributed by atoms with Crippen LogP contribution in [-0.4, -0.2) is 44.2 Å². The second kappa shape index (κ2) is 7.50. The molecule has 1 aromatic rings. The molecule has 0 spiro atoms. The van der Waals surface area contributed by atoms with Crippen molar-refractivity contribution >= 4 is 17.6 Å². The first-order valence-corrected chi connectivity index (χ1v) is 7.24. The molecule has 0 N–H and O–H groups in total. The van der Waals surface area contributed by atoms with E-state index in [4.69, 9.17) is 21.1 Å². The largest absolute Gasteiger partial charge is 0.482 e. The second-order valence-electron chi connectivity index (χ2n) is 5.20. The van der Waals surface area contributed by atoms with E-state index in [1.54, 1.807) is 24.3 Å². The van der Waals surface area contributed by atoms with Crippen LogP contribution < -0.4 is 4.74 Å². The molecule has 4 nitrogen and oxygen atoms in total. The number of halogens is 1. The van der Waals surface area contributed by atoms with E-state index in [2.05, 4.69) is 11.9 Å². The van der Waals surface area contributed by atoms with Crippen LogP contribution in [-0.2, 0) is 9.53 Å². The fourth-order valence-corrected chi connectivity index (χ4v) is 2.46. The Kier molecular flexibility index (Phi) is 5.68. The first kappa shape index (κ1) is 15.1. The summed E-state index contributed by atoms with van der Waals surface area (Å²) in [6.07, 6.45) is 2.29. The maximum atomic E-state index is 11.6. The van der Waals surface area contributed by atoms with Crippen molar-refractivity contribution < 1.29 is 14.3 Å². The third-order valence-electron chi connectivity index (χ3n) is 3.37. The highest BCUT2D eigenvalue weighted by atomic mass is 35.5. The predicted octanol–water partition coefficient (Wildman–Crippen LogP) is 2.60. The Morgan fingerprint density at radius 2 is 2.15 bits per heavy atom. The molecule has 5 heteroatoms. The molecule has 0 aromatic heterocycles. The predicted molar refractivity (Wildman–Crippen MR) is 78.1 cm³/mol. The van der Waals surface area contributed by atoms with Gasteiger partial charge in [0.1, 0.15) is 5.75 Å². The summed E-state index contributed by atoms with van der Waals surface area (Å²) in [6.45, 7) is 2.53. The van der Waals surface area contributed by atoms with E-state index in [-0.39, 0.29) is 12.6 Å². The minimum Gasteiger partial charge on any atom is -0.482 e. The average molecular weight is 298 g/mol. The Labute approximate surface area is 124 Å². The summed E-state index contributed by atoms with van der Waals surface area (Å²) in [7, 11) is 2.09. The molecule has 0 radical (unpaired) electrons. The molecule has 1 heterocycles. The van der Waals surface area contributed by atoms with E-state index < -0.39 is 0 Å². The van der Waals surface area contributed by atoms with Crippen molar-refractivity contribution in [3.63, 3.8) is 0 Å². The van der Waals surface area contributed by atoms with Crippen molar-refractivity contribution in [3.05, 3.63) is 29.3 Å². The van der Waals surface area contributed by atoms with Crippen LogP contribution in [0.2, 0.25) is 5.02 Å². The zero-order chi connectivity index (χ0) is 14.4. The molecule has 1 atom stereocenters. The zero-order valence-corrected chi connectivity index (χ0v) is 12.4. The fourth-order valence-electron chi connectivity index (χ4n) is 2.33. The fraction of sp³-hybridized carbons (Fsp3) is 0.533. The smallest absolute Gasteiger partial charge is 0.344 e. The van der Waals surface area contributed by atoms with Crippen LogP contribution in [0.3, 0.4) is 0 Å². The molecule has 20 heavy (non-hydrogen) atoms. The van der Waals surface area contributed by atoms with Crippen LogP contribution in [0.25, 0.3) is 0 Å². The highest BCUT2D eigenvalue weighted by molar-refractivity contribution is 6.30. The van der Waals surface area contributed by atoms with E-state index in [1.165, 1.54) is 6.42 Å². The second-order valence-corrected chi connectivity index (χ2v) is 5.63. The highest BCUT2D eigenvalue weighted by Crippen LogP contribution is 2.16. The lowest BCUT2D eigenvalue weighted by Gasteiger charge is -2.29. The molecule has 1 fully saturated rings. The molecule has 2 rings (SSSR count). The number of hydrogen-bond donors (Lipinski definition) is 0. The van der Waals surface area contributed by atoms with Crippen molar-refractivity contribution in [1.29, 1.82) is 0 Å². The van der Waals surface area contributed by atoms with Gasteiger partial charge in [0.15, 0.2) is 6.61 Å². The minimum atomic E-state index is -0.326. The lowest BCUT2D eigenvalue weighted by atomic mass is 10.00. The van der Waals surface area contributed by atoms with Gasteiger partial charge in [0, 0.05) is 17.5 Å². The van der Waals surface area contributed by atoms with E-state index in [0.29, 0.717) is 23.3 Å². The van der Waals surface area contributed by atoms with E-state index >= 15 is 0 Å². The van der Waals surface area contributed by atoms with Gasteiger partial charge in [-0.1, -0.05) is 11.6 Å². The molecule has 0 bridgehead atoms. The number of nitrogens with zero attached hydrogens (tertiary/aromatic N) is 1. The van der Waals surface area contributed by atoms with E-state index in [0.717, 1.165) is 19.5 Å². The summed E-state index contributed by atoms with van der Waals surface area (Å²) in [5.74, 6) is 0.727. The van der Waals surface area contributed by atoms with Gasteiger partial charge in [0.2, 0.25) is 0 Å². The summed E-state index contributed by atoms with van der Waals surface area (Å²) in [5.41, 5.74) is 0. The van der Waals surface area contributed by atoms with Gasteiger partial charge in [0.25, 0.3) is 0 Å². The number of esters is 1. The number of likely N-dealkylation sites (tertiary alicyclic amines) is 1. The van der Waals surface area contributed by atoms with Gasteiger partial charge in [-0.15, -0.1) is 0 Å². The lowest BCUT2D eigenvalue weighted by Crippen LogP contribution is -2.35. The maximum Gasteiger partial charge on any atom is 0.344 e. The van der Waals surface area contributed by atoms with Gasteiger partial charge >= 0.3 is 5.97 Å². The summed E-state index contributed by atoms with van der Waals surface area (Å²) in [5, 5.41) is 0.640. The Bertz CT molecular complexity index is 435. The number of piperidine rings is 1. The van der Waals surface area contributed by atoms with Gasteiger partial charge in [-0.05, 0) is 50.7 Å². The van der Waals surface area contributed by atoms with Crippen LogP contribution in [0.4, 0.5) is 0 Å². The van der Waals surface area contributed by atoms with Crippen LogP contribution in [0, 0.1) is 5.92 Å². The first-order chi connectivity index (χ1) is 9.63. The van der Waals surface area contributed by atoms with Gasteiger partial charge in [-0.2, -0.15) is 0 Å². The van der Waals surface area contributed by atoms with Gasteiger partial charge in [-0.3, -0.25) is 0 Å². The average Bonchev–Trinajstić information content (AvgIpc) is 2.45. The molecular formula is C15H20ClNO3. The molecule has 0 aliphatic carbocycles. The Hall–Kier alpha value is -1.26. The van der Waals surface area contributed by atoms with Crippen LogP contribution in [0.15, 0.2) is 24.3 Å². The van der Waals surface area contributed by atoms with Crippen LogP contribution >= 0.6 is 11.6 Å². The normalized spacial score (nSPS) is 19.6. The molecule has 0 amide bonds. The monoisotopic (exact) mass is 297 g/mol. The Morgan fingerprint density at radius 3 is 2.85 bits per heavy atom. The molecule has 1 aliphatic heterocycles. The number of benzene rings is 1. The molecule has 1 aromatic carbocycles. The van der Waals surface area contributed by atoms with Crippen molar-refractivity contribution in [3.8, 4) is 5.75 Å². The summed E-state index contributed by atoms with van der Waals surface area (Å²) >= 11 is 5.77. The van der Waals surface area contributed by atoms with E-state index in [1.807, 2.05) is 0 Å². The van der Waals surface area contributed by atoms with Gasteiger partial charge < -0.3 is 14.4 Å². The van der Waals surface area contributed by atoms with Gasteiger partial charge in [-0.25, -0.2) is 4.79 Å².